The molecule has 8 atom stereocenters. The Hall–Kier alpha value is -0.520. The molecule has 0 bridgehead atoms. The Labute approximate surface area is 122 Å². The molecular weight excluding hydrogens is 240 g/mol. The zero-order valence-electron chi connectivity index (χ0n) is 12.4. The van der Waals surface area contributed by atoms with Crippen molar-refractivity contribution in [3.05, 3.63) is 23.3 Å². The molecule has 0 aliphatic heterocycles. The maximum Gasteiger partial charge on any atom is -0.0126 e. The molecule has 0 aromatic rings. The van der Waals surface area contributed by atoms with Gasteiger partial charge in [-0.3, -0.25) is 0 Å². The lowest BCUT2D eigenvalue weighted by Crippen LogP contribution is -2.15. The average Bonchev–Trinajstić information content (AvgIpc) is 3.18. The smallest absolute Gasteiger partial charge is 0.0126 e. The van der Waals surface area contributed by atoms with Crippen molar-refractivity contribution in [1.29, 1.82) is 0 Å². The van der Waals surface area contributed by atoms with Crippen LogP contribution in [0.25, 0.3) is 0 Å². The first-order chi connectivity index (χ1) is 9.90. The summed E-state index contributed by atoms with van der Waals surface area (Å²) in [6.45, 7) is 0. The lowest BCUT2D eigenvalue weighted by molar-refractivity contribution is 0.356. The van der Waals surface area contributed by atoms with Crippen LogP contribution in [0.5, 0.6) is 0 Å². The lowest BCUT2D eigenvalue weighted by atomic mass is 9.82. The van der Waals surface area contributed by atoms with Gasteiger partial charge in [-0.05, 0) is 110 Å². The molecule has 0 spiro atoms. The van der Waals surface area contributed by atoms with Crippen LogP contribution in [0.15, 0.2) is 23.3 Å². The summed E-state index contributed by atoms with van der Waals surface area (Å²) in [6, 6.07) is 0. The molecule has 20 heavy (non-hydrogen) atoms. The molecule has 0 N–H and O–H groups in total. The van der Waals surface area contributed by atoms with E-state index in [9.17, 15) is 0 Å². The second-order valence-corrected chi connectivity index (χ2v) is 8.77. The zero-order valence-corrected chi connectivity index (χ0v) is 12.4. The van der Waals surface area contributed by atoms with Gasteiger partial charge in [0.05, 0.1) is 0 Å². The molecule has 6 aliphatic carbocycles. The quantitative estimate of drug-likeness (QED) is 0.628. The van der Waals surface area contributed by atoms with Crippen LogP contribution in [0.2, 0.25) is 0 Å². The van der Waals surface area contributed by atoms with Crippen LogP contribution < -0.4 is 0 Å². The minimum Gasteiger partial charge on any atom is -0.0773 e. The number of hydrogen-bond donors (Lipinski definition) is 0. The van der Waals surface area contributed by atoms with Gasteiger partial charge >= 0.3 is 0 Å². The van der Waals surface area contributed by atoms with Crippen LogP contribution in [0.1, 0.15) is 51.4 Å². The molecule has 106 valence electrons. The molecule has 4 saturated carbocycles. The fourth-order valence-electron chi connectivity index (χ4n) is 7.83. The van der Waals surface area contributed by atoms with Gasteiger partial charge < -0.3 is 0 Å². The zero-order chi connectivity index (χ0) is 12.8. The van der Waals surface area contributed by atoms with Crippen molar-refractivity contribution >= 4 is 0 Å². The van der Waals surface area contributed by atoms with Gasteiger partial charge in [0.15, 0.2) is 0 Å². The van der Waals surface area contributed by atoms with E-state index in [2.05, 4.69) is 12.2 Å². The van der Waals surface area contributed by atoms with Crippen LogP contribution >= 0.6 is 0 Å². The maximum absolute atomic E-state index is 2.79. The first-order valence-electron chi connectivity index (χ1n) is 9.34. The summed E-state index contributed by atoms with van der Waals surface area (Å²) in [5, 5.41) is 0. The van der Waals surface area contributed by atoms with Gasteiger partial charge in [0, 0.05) is 0 Å². The topological polar surface area (TPSA) is 0 Å². The standard InChI is InChI=1S/C20H26/c1-3-13-9-17(15-7-5-11(1)19(13)15)18-10-14-4-2-12-6-8-16(18)20(12)14/h9-16,19-20H,1-8H2/t11-,12+,13-,14-,15-,16-,19-,20+/m0/s1. The van der Waals surface area contributed by atoms with Crippen molar-refractivity contribution in [2.75, 3.05) is 0 Å². The predicted molar refractivity (Wildman–Crippen MR) is 81.0 cm³/mol. The van der Waals surface area contributed by atoms with Crippen LogP contribution in [0.3, 0.4) is 0 Å². The molecular formula is C20H26. The molecule has 0 aromatic heterocycles. The van der Waals surface area contributed by atoms with Gasteiger partial charge in [0.2, 0.25) is 0 Å². The summed E-state index contributed by atoms with van der Waals surface area (Å²) in [5.41, 5.74) is 3.78. The van der Waals surface area contributed by atoms with Crippen LogP contribution in [-0.4, -0.2) is 0 Å². The summed E-state index contributed by atoms with van der Waals surface area (Å²) < 4.78 is 0. The first kappa shape index (κ1) is 11.1. The van der Waals surface area contributed by atoms with E-state index in [1.807, 2.05) is 11.1 Å². The van der Waals surface area contributed by atoms with E-state index in [0.717, 1.165) is 47.3 Å². The molecule has 6 rings (SSSR count). The molecule has 0 heteroatoms. The van der Waals surface area contributed by atoms with Gasteiger partial charge in [0.25, 0.3) is 0 Å². The summed E-state index contributed by atoms with van der Waals surface area (Å²) in [5.74, 6) is 8.36. The van der Waals surface area contributed by atoms with E-state index < -0.39 is 0 Å². The average molecular weight is 266 g/mol. The fourth-order valence-corrected chi connectivity index (χ4v) is 7.83. The molecule has 0 aromatic carbocycles. The third-order valence-corrected chi connectivity index (χ3v) is 8.36. The lowest BCUT2D eigenvalue weighted by Gasteiger charge is -2.22. The predicted octanol–water partition coefficient (Wildman–Crippen LogP) is 4.97. The molecule has 0 heterocycles. The number of rotatable bonds is 1. The van der Waals surface area contributed by atoms with Crippen molar-refractivity contribution in [2.45, 2.75) is 51.4 Å². The second kappa shape index (κ2) is 3.62. The third kappa shape index (κ3) is 1.18. The Morgan fingerprint density at radius 2 is 1.00 bits per heavy atom. The van der Waals surface area contributed by atoms with E-state index in [1.165, 1.54) is 25.7 Å². The molecule has 6 aliphatic rings. The van der Waals surface area contributed by atoms with Gasteiger partial charge in [-0.25, -0.2) is 0 Å². The Bertz CT molecular complexity index is 476. The Morgan fingerprint density at radius 1 is 0.550 bits per heavy atom. The van der Waals surface area contributed by atoms with Crippen LogP contribution in [0, 0.1) is 47.3 Å². The highest BCUT2D eigenvalue weighted by Gasteiger charge is 2.54. The van der Waals surface area contributed by atoms with E-state index in [0.29, 0.717) is 0 Å². The maximum atomic E-state index is 2.79. The number of allylic oxidation sites excluding steroid dienone is 4. The fraction of sp³-hybridized carbons (Fsp3) is 0.800. The van der Waals surface area contributed by atoms with Crippen molar-refractivity contribution < 1.29 is 0 Å². The summed E-state index contributed by atoms with van der Waals surface area (Å²) in [4.78, 5) is 0. The van der Waals surface area contributed by atoms with E-state index in [1.54, 1.807) is 25.7 Å². The van der Waals surface area contributed by atoms with Crippen molar-refractivity contribution in [1.82, 2.24) is 0 Å². The highest BCUT2D eigenvalue weighted by atomic mass is 14.6. The van der Waals surface area contributed by atoms with E-state index in [-0.39, 0.29) is 0 Å². The Balaban J connectivity index is 1.41. The molecule has 0 amide bonds. The largest absolute Gasteiger partial charge is 0.0773 e. The third-order valence-electron chi connectivity index (χ3n) is 8.36. The van der Waals surface area contributed by atoms with Crippen LogP contribution in [-0.2, 0) is 0 Å². The second-order valence-electron chi connectivity index (χ2n) is 8.77. The van der Waals surface area contributed by atoms with Crippen LogP contribution in [0.4, 0.5) is 0 Å². The van der Waals surface area contributed by atoms with E-state index >= 15 is 0 Å². The molecule has 0 nitrogen and oxygen atoms in total. The van der Waals surface area contributed by atoms with Crippen molar-refractivity contribution in [3.8, 4) is 0 Å². The molecule has 4 fully saturated rings. The Morgan fingerprint density at radius 3 is 1.50 bits per heavy atom. The van der Waals surface area contributed by atoms with Gasteiger partial charge in [-0.2, -0.15) is 0 Å². The molecule has 0 radical (unpaired) electrons. The van der Waals surface area contributed by atoms with E-state index in [4.69, 9.17) is 0 Å². The molecule has 0 saturated heterocycles. The summed E-state index contributed by atoms with van der Waals surface area (Å²) >= 11 is 0. The summed E-state index contributed by atoms with van der Waals surface area (Å²) in [6.07, 6.45) is 17.9. The highest BCUT2D eigenvalue weighted by molar-refractivity contribution is 5.45. The highest BCUT2D eigenvalue weighted by Crippen LogP contribution is 2.64. The SMILES string of the molecule is C1=C(C2=C[C@@H]3CC[C@H]4CC[C@@H]2[C@@H]43)[C@@H]2CC[C@H]3CC[C@@H]1[C@@H]32. The normalized spacial score (nSPS) is 58.0. The first-order valence-corrected chi connectivity index (χ1v) is 9.34. The summed E-state index contributed by atoms with van der Waals surface area (Å²) in [7, 11) is 0. The minimum absolute atomic E-state index is 0.987. The molecule has 0 unspecified atom stereocenters. The monoisotopic (exact) mass is 266 g/mol. The Kier molecular flexibility index (Phi) is 2.01. The van der Waals surface area contributed by atoms with Crippen molar-refractivity contribution in [3.63, 3.8) is 0 Å². The van der Waals surface area contributed by atoms with Gasteiger partial charge in [-0.15, -0.1) is 0 Å². The minimum atomic E-state index is 0.987. The van der Waals surface area contributed by atoms with Crippen molar-refractivity contribution in [2.24, 2.45) is 47.3 Å². The van der Waals surface area contributed by atoms with Gasteiger partial charge in [-0.1, -0.05) is 12.2 Å². The number of hydrogen-bond acceptors (Lipinski definition) is 0. The van der Waals surface area contributed by atoms with Gasteiger partial charge in [0.1, 0.15) is 0 Å².